The van der Waals surface area contributed by atoms with E-state index in [1.54, 1.807) is 12.1 Å². The molecule has 2 aromatic carbocycles. The number of anilines is 1. The Morgan fingerprint density at radius 3 is 2.44 bits per heavy atom. The summed E-state index contributed by atoms with van der Waals surface area (Å²) in [4.78, 5) is 0. The fourth-order valence-corrected chi connectivity index (χ4v) is 1.92. The van der Waals surface area contributed by atoms with Crippen LogP contribution >= 0.6 is 11.6 Å². The Kier molecular flexibility index (Phi) is 2.75. The second-order valence-electron chi connectivity index (χ2n) is 3.79. The molecule has 0 radical (unpaired) electrons. The van der Waals surface area contributed by atoms with Gasteiger partial charge in [-0.25, -0.2) is 0 Å². The number of aromatic hydroxyl groups is 1. The monoisotopic (exact) mass is 233 g/mol. The van der Waals surface area contributed by atoms with Crippen LogP contribution in [0.5, 0.6) is 5.75 Å². The molecule has 0 heterocycles. The Morgan fingerprint density at radius 1 is 1.06 bits per heavy atom. The fourth-order valence-electron chi connectivity index (χ4n) is 1.63. The van der Waals surface area contributed by atoms with Crippen LogP contribution in [-0.2, 0) is 0 Å². The number of nitrogen functional groups attached to an aromatic ring is 1. The van der Waals surface area contributed by atoms with Gasteiger partial charge in [0.25, 0.3) is 0 Å². The van der Waals surface area contributed by atoms with Gasteiger partial charge < -0.3 is 10.8 Å². The third kappa shape index (κ3) is 2.12. The van der Waals surface area contributed by atoms with E-state index in [0.717, 1.165) is 16.7 Å². The molecule has 0 aliphatic heterocycles. The minimum Gasteiger partial charge on any atom is -0.506 e. The second-order valence-corrected chi connectivity index (χ2v) is 4.23. The molecule has 0 fully saturated rings. The van der Waals surface area contributed by atoms with Crippen LogP contribution in [0, 0.1) is 6.92 Å². The first-order chi connectivity index (χ1) is 7.56. The van der Waals surface area contributed by atoms with Crippen molar-refractivity contribution >= 4 is 17.3 Å². The average Bonchev–Trinajstić information content (AvgIpc) is 2.20. The molecule has 3 heteroatoms. The van der Waals surface area contributed by atoms with Gasteiger partial charge in [-0.05, 0) is 47.9 Å². The summed E-state index contributed by atoms with van der Waals surface area (Å²) in [5.41, 5.74) is 8.88. The highest BCUT2D eigenvalue weighted by molar-refractivity contribution is 6.30. The minimum atomic E-state index is 0.0927. The molecule has 0 aliphatic carbocycles. The number of nitrogens with two attached hydrogens (primary N) is 1. The summed E-state index contributed by atoms with van der Waals surface area (Å²) in [5, 5.41) is 10.2. The lowest BCUT2D eigenvalue weighted by Gasteiger charge is -2.06. The number of benzene rings is 2. The summed E-state index contributed by atoms with van der Waals surface area (Å²) in [6.07, 6.45) is 0. The SMILES string of the molecule is Cc1cc(Cl)cc(-c2ccc(N)c(O)c2)c1. The van der Waals surface area contributed by atoms with Crippen molar-refractivity contribution in [3.63, 3.8) is 0 Å². The van der Waals surface area contributed by atoms with Crippen LogP contribution in [-0.4, -0.2) is 5.11 Å². The molecule has 0 amide bonds. The quantitative estimate of drug-likeness (QED) is 0.584. The van der Waals surface area contributed by atoms with Crippen molar-refractivity contribution in [2.75, 3.05) is 5.73 Å². The summed E-state index contributed by atoms with van der Waals surface area (Å²) in [7, 11) is 0. The van der Waals surface area contributed by atoms with E-state index < -0.39 is 0 Å². The zero-order chi connectivity index (χ0) is 11.7. The first kappa shape index (κ1) is 10.8. The molecule has 0 aliphatic rings. The predicted octanol–water partition coefficient (Wildman–Crippen LogP) is 3.60. The van der Waals surface area contributed by atoms with Gasteiger partial charge in [0.2, 0.25) is 0 Å². The van der Waals surface area contributed by atoms with Gasteiger partial charge in [0.1, 0.15) is 5.75 Å². The highest BCUT2D eigenvalue weighted by Gasteiger charge is 2.03. The van der Waals surface area contributed by atoms with E-state index >= 15 is 0 Å². The Morgan fingerprint density at radius 2 is 1.81 bits per heavy atom. The maximum atomic E-state index is 9.54. The van der Waals surface area contributed by atoms with Gasteiger partial charge in [-0.15, -0.1) is 0 Å². The van der Waals surface area contributed by atoms with E-state index in [9.17, 15) is 5.11 Å². The maximum Gasteiger partial charge on any atom is 0.139 e. The number of aryl methyl sites for hydroxylation is 1. The molecule has 2 aromatic rings. The minimum absolute atomic E-state index is 0.0927. The van der Waals surface area contributed by atoms with Crippen molar-refractivity contribution in [1.82, 2.24) is 0 Å². The molecule has 0 spiro atoms. The van der Waals surface area contributed by atoms with Gasteiger partial charge in [0, 0.05) is 5.02 Å². The number of rotatable bonds is 1. The lowest BCUT2D eigenvalue weighted by Crippen LogP contribution is -1.86. The smallest absolute Gasteiger partial charge is 0.139 e. The molecule has 82 valence electrons. The number of phenols is 1. The Bertz CT molecular complexity index is 517. The summed E-state index contributed by atoms with van der Waals surface area (Å²) < 4.78 is 0. The standard InChI is InChI=1S/C13H12ClNO/c1-8-4-10(6-11(14)5-8)9-2-3-12(15)13(16)7-9/h2-7,16H,15H2,1H3. The van der Waals surface area contributed by atoms with E-state index in [2.05, 4.69) is 0 Å². The summed E-state index contributed by atoms with van der Waals surface area (Å²) in [6.45, 7) is 1.98. The molecule has 16 heavy (non-hydrogen) atoms. The zero-order valence-electron chi connectivity index (χ0n) is 8.87. The van der Waals surface area contributed by atoms with Crippen molar-refractivity contribution in [1.29, 1.82) is 0 Å². The maximum absolute atomic E-state index is 9.54. The molecule has 0 saturated carbocycles. The van der Waals surface area contributed by atoms with E-state index in [0.29, 0.717) is 10.7 Å². The van der Waals surface area contributed by atoms with Gasteiger partial charge in [-0.2, -0.15) is 0 Å². The highest BCUT2D eigenvalue weighted by Crippen LogP contribution is 2.30. The summed E-state index contributed by atoms with van der Waals surface area (Å²) >= 11 is 5.98. The molecule has 0 saturated heterocycles. The molecule has 0 unspecified atom stereocenters. The third-order valence-electron chi connectivity index (χ3n) is 2.41. The van der Waals surface area contributed by atoms with Gasteiger partial charge in [-0.1, -0.05) is 23.7 Å². The van der Waals surface area contributed by atoms with Crippen LogP contribution in [0.2, 0.25) is 5.02 Å². The summed E-state index contributed by atoms with van der Waals surface area (Å²) in [6, 6.07) is 10.9. The molecule has 0 aromatic heterocycles. The fraction of sp³-hybridized carbons (Fsp3) is 0.0769. The second kappa shape index (κ2) is 4.06. The topological polar surface area (TPSA) is 46.2 Å². The molecule has 3 N–H and O–H groups in total. The third-order valence-corrected chi connectivity index (χ3v) is 2.62. The Labute approximate surface area is 99.3 Å². The van der Waals surface area contributed by atoms with Gasteiger partial charge in [-0.3, -0.25) is 0 Å². The van der Waals surface area contributed by atoms with Crippen LogP contribution in [0.1, 0.15) is 5.56 Å². The van der Waals surface area contributed by atoms with Gasteiger partial charge >= 0.3 is 0 Å². The van der Waals surface area contributed by atoms with Crippen molar-refractivity contribution in [2.24, 2.45) is 0 Å². The van der Waals surface area contributed by atoms with Crippen molar-refractivity contribution in [2.45, 2.75) is 6.92 Å². The Balaban J connectivity index is 2.54. The largest absolute Gasteiger partial charge is 0.506 e. The normalized spacial score (nSPS) is 10.4. The van der Waals surface area contributed by atoms with Gasteiger partial charge in [0.05, 0.1) is 5.69 Å². The van der Waals surface area contributed by atoms with Crippen LogP contribution in [0.4, 0.5) is 5.69 Å². The first-order valence-electron chi connectivity index (χ1n) is 4.92. The molecule has 2 rings (SSSR count). The molecular weight excluding hydrogens is 222 g/mol. The highest BCUT2D eigenvalue weighted by atomic mass is 35.5. The zero-order valence-corrected chi connectivity index (χ0v) is 9.62. The number of halogens is 1. The van der Waals surface area contributed by atoms with Crippen LogP contribution in [0.15, 0.2) is 36.4 Å². The summed E-state index contributed by atoms with van der Waals surface area (Å²) in [5.74, 6) is 0.0927. The lowest BCUT2D eigenvalue weighted by molar-refractivity contribution is 0.478. The lowest BCUT2D eigenvalue weighted by atomic mass is 10.0. The van der Waals surface area contributed by atoms with Gasteiger partial charge in [0.15, 0.2) is 0 Å². The van der Waals surface area contributed by atoms with Crippen molar-refractivity contribution in [3.8, 4) is 16.9 Å². The molecule has 0 bridgehead atoms. The van der Waals surface area contributed by atoms with Crippen molar-refractivity contribution < 1.29 is 5.11 Å². The van der Waals surface area contributed by atoms with Crippen LogP contribution in [0.25, 0.3) is 11.1 Å². The number of hydrogen-bond acceptors (Lipinski definition) is 2. The van der Waals surface area contributed by atoms with Crippen LogP contribution < -0.4 is 5.73 Å². The molecule has 0 atom stereocenters. The van der Waals surface area contributed by atoms with E-state index in [1.807, 2.05) is 31.2 Å². The van der Waals surface area contributed by atoms with E-state index in [-0.39, 0.29) is 5.75 Å². The average molecular weight is 234 g/mol. The number of phenolic OH excluding ortho intramolecular Hbond substituents is 1. The first-order valence-corrected chi connectivity index (χ1v) is 5.30. The van der Waals surface area contributed by atoms with E-state index in [4.69, 9.17) is 17.3 Å². The predicted molar refractivity (Wildman–Crippen MR) is 67.7 cm³/mol. The Hall–Kier alpha value is -1.67. The van der Waals surface area contributed by atoms with E-state index in [1.165, 1.54) is 0 Å². The van der Waals surface area contributed by atoms with Crippen molar-refractivity contribution in [3.05, 3.63) is 47.0 Å². The van der Waals surface area contributed by atoms with Crippen LogP contribution in [0.3, 0.4) is 0 Å². The number of hydrogen-bond donors (Lipinski definition) is 2. The molecular formula is C13H12ClNO. The molecule has 2 nitrogen and oxygen atoms in total.